The van der Waals surface area contributed by atoms with Gasteiger partial charge >= 0.3 is 0 Å². The summed E-state index contributed by atoms with van der Waals surface area (Å²) in [7, 11) is 1.67. The molecule has 0 amide bonds. The highest BCUT2D eigenvalue weighted by Crippen LogP contribution is 2.17. The molecule has 0 bridgehead atoms. The van der Waals surface area contributed by atoms with Crippen molar-refractivity contribution in [3.05, 3.63) is 0 Å². The molecular formula is C11H24IN3O2. The molecule has 6 heteroatoms. The van der Waals surface area contributed by atoms with Crippen LogP contribution < -0.4 is 11.1 Å². The van der Waals surface area contributed by atoms with E-state index in [1.54, 1.807) is 7.11 Å². The fraction of sp³-hybridized carbons (Fsp3) is 0.909. The maximum atomic E-state index is 5.69. The number of unbranched alkanes of at least 4 members (excludes halogenated alkanes) is 1. The predicted molar refractivity (Wildman–Crippen MR) is 80.0 cm³/mol. The molecule has 0 saturated heterocycles. The molecule has 5 nitrogen and oxygen atoms in total. The van der Waals surface area contributed by atoms with Crippen molar-refractivity contribution in [2.45, 2.75) is 31.7 Å². The Kier molecular flexibility index (Phi) is 11.0. The largest absolute Gasteiger partial charge is 0.382 e. The van der Waals surface area contributed by atoms with Crippen LogP contribution in [0.25, 0.3) is 0 Å². The van der Waals surface area contributed by atoms with Crippen LogP contribution in [0, 0.1) is 0 Å². The van der Waals surface area contributed by atoms with E-state index in [4.69, 9.17) is 15.2 Å². The highest BCUT2D eigenvalue weighted by Gasteiger charge is 2.21. The van der Waals surface area contributed by atoms with Crippen molar-refractivity contribution in [2.75, 3.05) is 33.5 Å². The van der Waals surface area contributed by atoms with Crippen LogP contribution in [0.4, 0.5) is 0 Å². The number of nitrogens with one attached hydrogen (secondary N) is 1. The van der Waals surface area contributed by atoms with Crippen molar-refractivity contribution in [3.8, 4) is 0 Å². The van der Waals surface area contributed by atoms with Gasteiger partial charge < -0.3 is 20.5 Å². The topological polar surface area (TPSA) is 68.9 Å². The molecular weight excluding hydrogens is 333 g/mol. The molecule has 0 heterocycles. The van der Waals surface area contributed by atoms with Gasteiger partial charge in [-0.2, -0.15) is 0 Å². The molecule has 0 atom stereocenters. The van der Waals surface area contributed by atoms with Gasteiger partial charge in [-0.05, 0) is 25.7 Å². The zero-order chi connectivity index (χ0) is 11.6. The Balaban J connectivity index is 0.00000256. The first kappa shape index (κ1) is 16.9. The maximum absolute atomic E-state index is 5.69. The smallest absolute Gasteiger partial charge is 0.188 e. The molecule has 1 aliphatic carbocycles. The number of methoxy groups -OCH3 is 1. The zero-order valence-corrected chi connectivity index (χ0v) is 12.8. The number of guanidine groups is 1. The number of ether oxygens (including phenoxy) is 2. The summed E-state index contributed by atoms with van der Waals surface area (Å²) in [5.41, 5.74) is 5.69. The van der Waals surface area contributed by atoms with E-state index in [0.29, 0.717) is 25.2 Å². The molecule has 0 radical (unpaired) electrons. The van der Waals surface area contributed by atoms with Crippen molar-refractivity contribution < 1.29 is 9.47 Å². The normalized spacial score (nSPS) is 15.5. The summed E-state index contributed by atoms with van der Waals surface area (Å²) in [6, 6.07) is 0.584. The second kappa shape index (κ2) is 11.0. The van der Waals surface area contributed by atoms with Gasteiger partial charge in [0.1, 0.15) is 0 Å². The van der Waals surface area contributed by atoms with Gasteiger partial charge in [-0.3, -0.25) is 4.99 Å². The molecule has 0 spiro atoms. The quantitative estimate of drug-likeness (QED) is 0.281. The third-order valence-corrected chi connectivity index (χ3v) is 2.34. The Morgan fingerprint density at radius 1 is 1.29 bits per heavy atom. The molecule has 3 N–H and O–H groups in total. The van der Waals surface area contributed by atoms with E-state index in [0.717, 1.165) is 26.0 Å². The predicted octanol–water partition coefficient (Wildman–Crippen LogP) is 1.11. The first-order valence-electron chi connectivity index (χ1n) is 5.96. The van der Waals surface area contributed by atoms with Crippen molar-refractivity contribution in [2.24, 2.45) is 10.7 Å². The third-order valence-electron chi connectivity index (χ3n) is 2.34. The van der Waals surface area contributed by atoms with Crippen molar-refractivity contribution >= 4 is 29.9 Å². The van der Waals surface area contributed by atoms with Gasteiger partial charge in [0, 0.05) is 26.3 Å². The molecule has 1 saturated carbocycles. The number of hydrogen-bond acceptors (Lipinski definition) is 3. The fourth-order valence-electron chi connectivity index (χ4n) is 1.24. The number of hydrogen-bond donors (Lipinski definition) is 2. The second-order valence-electron chi connectivity index (χ2n) is 4.00. The molecule has 0 aromatic rings. The Bertz CT molecular complexity index is 211. The highest BCUT2D eigenvalue weighted by molar-refractivity contribution is 14.0. The maximum Gasteiger partial charge on any atom is 0.188 e. The Hall–Kier alpha value is -0.0800. The first-order valence-corrected chi connectivity index (χ1v) is 5.96. The molecule has 0 unspecified atom stereocenters. The molecule has 102 valence electrons. The summed E-state index contributed by atoms with van der Waals surface area (Å²) in [5, 5.41) is 3.15. The minimum atomic E-state index is 0. The lowest BCUT2D eigenvalue weighted by Gasteiger charge is -2.04. The van der Waals surface area contributed by atoms with E-state index in [-0.39, 0.29) is 24.0 Å². The van der Waals surface area contributed by atoms with E-state index in [9.17, 15) is 0 Å². The lowest BCUT2D eigenvalue weighted by atomic mass is 10.3. The summed E-state index contributed by atoms with van der Waals surface area (Å²) in [6.07, 6.45) is 4.48. The van der Waals surface area contributed by atoms with Crippen molar-refractivity contribution in [3.63, 3.8) is 0 Å². The number of aliphatic imine (C=N–C) groups is 1. The van der Waals surface area contributed by atoms with E-state index in [1.807, 2.05) is 0 Å². The summed E-state index contributed by atoms with van der Waals surface area (Å²) in [4.78, 5) is 4.24. The molecule has 0 aliphatic heterocycles. The molecule has 1 fully saturated rings. The van der Waals surface area contributed by atoms with Crippen LogP contribution >= 0.6 is 24.0 Å². The molecule has 1 aliphatic rings. The van der Waals surface area contributed by atoms with Crippen LogP contribution in [-0.4, -0.2) is 45.5 Å². The van der Waals surface area contributed by atoms with Gasteiger partial charge in [0.2, 0.25) is 0 Å². The van der Waals surface area contributed by atoms with Gasteiger partial charge in [0.05, 0.1) is 13.2 Å². The van der Waals surface area contributed by atoms with Gasteiger partial charge in [-0.1, -0.05) is 0 Å². The number of nitrogens with zero attached hydrogens (tertiary/aromatic N) is 1. The summed E-state index contributed by atoms with van der Waals surface area (Å²) < 4.78 is 10.2. The molecule has 0 aromatic carbocycles. The highest BCUT2D eigenvalue weighted by atomic mass is 127. The number of nitrogens with two attached hydrogens (primary N) is 1. The summed E-state index contributed by atoms with van der Waals surface area (Å²) >= 11 is 0. The van der Waals surface area contributed by atoms with E-state index in [2.05, 4.69) is 10.3 Å². The standard InChI is InChI=1S/C11H23N3O2.HI/c1-15-8-9-16-7-3-2-6-13-11(12)14-10-4-5-10;/h10H,2-9H2,1H3,(H3,12,13,14);1H. The average Bonchev–Trinajstić information content (AvgIpc) is 3.06. The van der Waals surface area contributed by atoms with Crippen LogP contribution in [0.15, 0.2) is 4.99 Å². The minimum Gasteiger partial charge on any atom is -0.382 e. The van der Waals surface area contributed by atoms with Gasteiger partial charge in [-0.25, -0.2) is 0 Å². The van der Waals surface area contributed by atoms with E-state index < -0.39 is 0 Å². The number of halogens is 1. The SMILES string of the molecule is COCCOCCCCN=C(N)NC1CC1.I. The zero-order valence-electron chi connectivity index (χ0n) is 10.5. The summed E-state index contributed by atoms with van der Waals surface area (Å²) in [6.45, 7) is 2.88. The Labute approximate surface area is 121 Å². The second-order valence-corrected chi connectivity index (χ2v) is 4.00. The van der Waals surface area contributed by atoms with E-state index in [1.165, 1.54) is 12.8 Å². The van der Waals surface area contributed by atoms with Crippen molar-refractivity contribution in [1.82, 2.24) is 5.32 Å². The minimum absolute atomic E-state index is 0. The van der Waals surface area contributed by atoms with Crippen LogP contribution in [0.5, 0.6) is 0 Å². The molecule has 1 rings (SSSR count). The summed E-state index contributed by atoms with van der Waals surface area (Å²) in [5.74, 6) is 0.586. The molecule has 17 heavy (non-hydrogen) atoms. The van der Waals surface area contributed by atoms with E-state index >= 15 is 0 Å². The first-order chi connectivity index (χ1) is 7.83. The Morgan fingerprint density at radius 3 is 2.71 bits per heavy atom. The lowest BCUT2D eigenvalue weighted by Crippen LogP contribution is -2.33. The van der Waals surface area contributed by atoms with Gasteiger partial charge in [-0.15, -0.1) is 24.0 Å². The van der Waals surface area contributed by atoms with Gasteiger partial charge in [0.15, 0.2) is 5.96 Å². The third kappa shape index (κ3) is 10.8. The van der Waals surface area contributed by atoms with Gasteiger partial charge in [0.25, 0.3) is 0 Å². The van der Waals surface area contributed by atoms with Crippen LogP contribution in [0.2, 0.25) is 0 Å². The lowest BCUT2D eigenvalue weighted by molar-refractivity contribution is 0.0690. The average molecular weight is 357 g/mol. The van der Waals surface area contributed by atoms with Crippen LogP contribution in [-0.2, 0) is 9.47 Å². The monoisotopic (exact) mass is 357 g/mol. The number of rotatable bonds is 9. The molecule has 0 aromatic heterocycles. The fourth-order valence-corrected chi connectivity index (χ4v) is 1.24. The van der Waals surface area contributed by atoms with Crippen LogP contribution in [0.3, 0.4) is 0 Å². The van der Waals surface area contributed by atoms with Crippen LogP contribution in [0.1, 0.15) is 25.7 Å². The van der Waals surface area contributed by atoms with Crippen molar-refractivity contribution in [1.29, 1.82) is 0 Å². The Morgan fingerprint density at radius 2 is 2.06 bits per heavy atom.